The fourth-order valence-electron chi connectivity index (χ4n) is 3.65. The van der Waals surface area contributed by atoms with Crippen LogP contribution in [-0.2, 0) is 22.6 Å². The predicted octanol–water partition coefficient (Wildman–Crippen LogP) is 4.21. The highest BCUT2D eigenvalue weighted by molar-refractivity contribution is 6.35. The Labute approximate surface area is 207 Å². The number of carbonyl (C=O) groups is 1. The minimum atomic E-state index is -0.837. The maximum atomic E-state index is 12.4. The maximum Gasteiger partial charge on any atom is 0.328 e. The third kappa shape index (κ3) is 5.54. The van der Waals surface area contributed by atoms with Crippen LogP contribution in [0, 0.1) is 0 Å². The Kier molecular flexibility index (Phi) is 8.58. The van der Waals surface area contributed by atoms with Gasteiger partial charge in [-0.15, -0.1) is 0 Å². The Morgan fingerprint density at radius 2 is 1.62 bits per heavy atom. The predicted molar refractivity (Wildman–Crippen MR) is 135 cm³/mol. The molecule has 0 radical (unpaired) electrons. The van der Waals surface area contributed by atoms with Crippen LogP contribution in [-0.4, -0.2) is 32.2 Å². The second-order valence-corrected chi connectivity index (χ2v) is 8.43. The number of anilines is 2. The lowest BCUT2D eigenvalue weighted by Crippen LogP contribution is -2.46. The molecule has 3 aromatic rings. The average molecular weight is 505 g/mol. The van der Waals surface area contributed by atoms with Gasteiger partial charge in [0.1, 0.15) is 29.8 Å². The van der Waals surface area contributed by atoms with Crippen molar-refractivity contribution >= 4 is 40.5 Å². The average Bonchev–Trinajstić information content (AvgIpc) is 2.85. The molecular formula is C25H26Cl2N2O5. The normalized spacial score (nSPS) is 11.8. The van der Waals surface area contributed by atoms with Gasteiger partial charge in [-0.3, -0.25) is 9.59 Å². The van der Waals surface area contributed by atoms with Crippen LogP contribution in [0.1, 0.15) is 25.0 Å². The van der Waals surface area contributed by atoms with Crippen molar-refractivity contribution < 1.29 is 14.3 Å². The van der Waals surface area contributed by atoms with Crippen LogP contribution in [0.25, 0.3) is 0 Å². The summed E-state index contributed by atoms with van der Waals surface area (Å²) >= 11 is 12.4. The Morgan fingerprint density at radius 1 is 1.00 bits per heavy atom. The lowest BCUT2D eigenvalue weighted by Gasteiger charge is -2.27. The van der Waals surface area contributed by atoms with Crippen molar-refractivity contribution in [2.24, 2.45) is 0 Å². The molecule has 9 heteroatoms. The quantitative estimate of drug-likeness (QED) is 0.309. The monoisotopic (exact) mass is 504 g/mol. The first kappa shape index (κ1) is 25.6. The minimum Gasteiger partial charge on any atom is -0.489 e. The third-order valence-electron chi connectivity index (χ3n) is 5.58. The molecule has 0 saturated carbocycles. The van der Waals surface area contributed by atoms with E-state index in [1.807, 2.05) is 26.0 Å². The van der Waals surface area contributed by atoms with E-state index in [0.717, 1.165) is 5.56 Å². The number of carbonyl (C=O) groups excluding carboxylic acids is 1. The first-order chi connectivity index (χ1) is 16.3. The number of esters is 1. The van der Waals surface area contributed by atoms with Crippen molar-refractivity contribution in [1.29, 1.82) is 0 Å². The van der Waals surface area contributed by atoms with Crippen LogP contribution >= 0.6 is 23.2 Å². The largest absolute Gasteiger partial charge is 0.489 e. The molecule has 0 aliphatic carbocycles. The van der Waals surface area contributed by atoms with Gasteiger partial charge in [-0.2, -0.15) is 0 Å². The van der Waals surface area contributed by atoms with Gasteiger partial charge in [0.2, 0.25) is 0 Å². The second kappa shape index (κ2) is 11.4. The lowest BCUT2D eigenvalue weighted by molar-refractivity contribution is -0.141. The molecule has 34 heavy (non-hydrogen) atoms. The summed E-state index contributed by atoms with van der Waals surface area (Å²) in [6.07, 6.45) is 0.250. The first-order valence-electron chi connectivity index (χ1n) is 10.9. The van der Waals surface area contributed by atoms with Gasteiger partial charge in [-0.05, 0) is 43.7 Å². The number of halogens is 2. The number of benzene rings is 2. The van der Waals surface area contributed by atoms with E-state index in [-0.39, 0.29) is 18.7 Å². The molecule has 0 heterocycles. The molecule has 1 N–H and O–H groups in total. The summed E-state index contributed by atoms with van der Waals surface area (Å²) in [5, 5.41) is 3.99. The van der Waals surface area contributed by atoms with Crippen LogP contribution < -0.4 is 25.8 Å². The van der Waals surface area contributed by atoms with E-state index in [2.05, 4.69) is 5.32 Å². The number of hydrogen-bond acceptors (Lipinski definition) is 7. The van der Waals surface area contributed by atoms with Crippen LogP contribution in [0.2, 0.25) is 10.0 Å². The minimum absolute atomic E-state index is 0.153. The number of rotatable bonds is 11. The molecule has 0 spiro atoms. The van der Waals surface area contributed by atoms with Crippen molar-refractivity contribution in [3.63, 3.8) is 0 Å². The smallest absolute Gasteiger partial charge is 0.328 e. The fraction of sp³-hybridized carbons (Fsp3) is 0.320. The van der Waals surface area contributed by atoms with Crippen molar-refractivity contribution in [3.05, 3.63) is 84.1 Å². The molecule has 0 amide bonds. The zero-order valence-corrected chi connectivity index (χ0v) is 20.7. The SMILES string of the molecule is CCN(CC)c1c(N[C@@H](Cc2ccc(OCc3c(Cl)cccc3Cl)cc2)C(=O)OC)c(=O)c1=O. The van der Waals surface area contributed by atoms with Crippen molar-refractivity contribution in [2.75, 3.05) is 30.4 Å². The van der Waals surface area contributed by atoms with Gasteiger partial charge >= 0.3 is 5.97 Å². The van der Waals surface area contributed by atoms with Gasteiger partial charge in [0, 0.05) is 35.1 Å². The van der Waals surface area contributed by atoms with Gasteiger partial charge in [-0.25, -0.2) is 4.79 Å². The molecule has 0 fully saturated rings. The lowest BCUT2D eigenvalue weighted by atomic mass is 10.0. The van der Waals surface area contributed by atoms with E-state index < -0.39 is 22.9 Å². The highest BCUT2D eigenvalue weighted by Gasteiger charge is 2.29. The van der Waals surface area contributed by atoms with Gasteiger partial charge in [0.15, 0.2) is 0 Å². The van der Waals surface area contributed by atoms with Gasteiger partial charge < -0.3 is 19.7 Å². The summed E-state index contributed by atoms with van der Waals surface area (Å²) in [4.78, 5) is 38.5. The maximum absolute atomic E-state index is 12.4. The van der Waals surface area contributed by atoms with E-state index in [0.29, 0.717) is 40.1 Å². The van der Waals surface area contributed by atoms with Gasteiger partial charge in [0.25, 0.3) is 10.9 Å². The summed E-state index contributed by atoms with van der Waals surface area (Å²) in [6.45, 7) is 5.14. The number of nitrogens with zero attached hydrogens (tertiary/aromatic N) is 1. The molecule has 3 aromatic carbocycles. The van der Waals surface area contributed by atoms with Crippen LogP contribution in [0.4, 0.5) is 11.4 Å². The van der Waals surface area contributed by atoms with Gasteiger partial charge in [0.05, 0.1) is 7.11 Å². The number of ether oxygens (including phenoxy) is 2. The highest BCUT2D eigenvalue weighted by Crippen LogP contribution is 2.26. The van der Waals surface area contributed by atoms with E-state index >= 15 is 0 Å². The molecule has 0 aliphatic heterocycles. The Bertz CT molecular complexity index is 1200. The number of methoxy groups -OCH3 is 1. The molecule has 3 rings (SSSR count). The van der Waals surface area contributed by atoms with Gasteiger partial charge in [-0.1, -0.05) is 41.4 Å². The standard InChI is InChI=1S/C25H26Cl2N2O5/c1-4-29(5-2)22-21(23(30)24(22)31)28-20(25(32)33-3)13-15-9-11-16(12-10-15)34-14-17-18(26)7-6-8-19(17)27/h6-12,20,28H,4-5,13-14H2,1-3H3/t20-/m0/s1. The van der Waals surface area contributed by atoms with Crippen molar-refractivity contribution in [3.8, 4) is 5.75 Å². The summed E-state index contributed by atoms with van der Waals surface area (Å²) in [5.74, 6) is 0.0702. The zero-order valence-electron chi connectivity index (χ0n) is 19.2. The number of nitrogens with one attached hydrogen (secondary N) is 1. The second-order valence-electron chi connectivity index (χ2n) is 7.61. The molecule has 180 valence electrons. The van der Waals surface area contributed by atoms with E-state index in [9.17, 15) is 14.4 Å². The van der Waals surface area contributed by atoms with Crippen LogP contribution in [0.5, 0.6) is 5.75 Å². The van der Waals surface area contributed by atoms with Crippen molar-refractivity contribution in [1.82, 2.24) is 0 Å². The van der Waals surface area contributed by atoms with Crippen LogP contribution in [0.15, 0.2) is 52.1 Å². The summed E-state index contributed by atoms with van der Waals surface area (Å²) in [5.41, 5.74) is 0.801. The Balaban J connectivity index is 1.72. The third-order valence-corrected chi connectivity index (χ3v) is 6.29. The Morgan fingerprint density at radius 3 is 2.18 bits per heavy atom. The summed E-state index contributed by atoms with van der Waals surface area (Å²) in [7, 11) is 1.28. The summed E-state index contributed by atoms with van der Waals surface area (Å²) in [6, 6.07) is 11.6. The van der Waals surface area contributed by atoms with E-state index in [4.69, 9.17) is 32.7 Å². The van der Waals surface area contributed by atoms with E-state index in [1.165, 1.54) is 7.11 Å². The zero-order chi connectivity index (χ0) is 24.8. The molecular weight excluding hydrogens is 479 g/mol. The molecule has 0 saturated heterocycles. The molecule has 0 unspecified atom stereocenters. The number of hydrogen-bond donors (Lipinski definition) is 1. The van der Waals surface area contributed by atoms with E-state index in [1.54, 1.807) is 35.2 Å². The van der Waals surface area contributed by atoms with Crippen LogP contribution in [0.3, 0.4) is 0 Å². The molecule has 1 atom stereocenters. The van der Waals surface area contributed by atoms with Crippen molar-refractivity contribution in [2.45, 2.75) is 32.9 Å². The summed E-state index contributed by atoms with van der Waals surface area (Å²) < 4.78 is 10.7. The Hall–Kier alpha value is -3.03. The molecule has 0 bridgehead atoms. The molecule has 0 aromatic heterocycles. The highest BCUT2D eigenvalue weighted by atomic mass is 35.5. The molecule has 0 aliphatic rings. The topological polar surface area (TPSA) is 84.9 Å². The first-order valence-corrected chi connectivity index (χ1v) is 11.6. The molecule has 7 nitrogen and oxygen atoms in total. The fourth-order valence-corrected chi connectivity index (χ4v) is 4.15.